The van der Waals surface area contributed by atoms with Gasteiger partial charge in [-0.2, -0.15) is 9.97 Å². The highest BCUT2D eigenvalue weighted by atomic mass is 16.3. The molecule has 0 spiro atoms. The van der Waals surface area contributed by atoms with Crippen LogP contribution in [0.4, 0.5) is 11.8 Å². The van der Waals surface area contributed by atoms with Crippen molar-refractivity contribution in [3.63, 3.8) is 0 Å². The molecule has 1 fully saturated rings. The van der Waals surface area contributed by atoms with E-state index in [1.165, 1.54) is 19.3 Å². The first-order chi connectivity index (χ1) is 11.2. The van der Waals surface area contributed by atoms with Gasteiger partial charge in [0.2, 0.25) is 5.95 Å². The minimum Gasteiger partial charge on any atom is -0.396 e. The number of aromatic nitrogens is 4. The smallest absolute Gasteiger partial charge is 0.224 e. The van der Waals surface area contributed by atoms with Crippen molar-refractivity contribution < 1.29 is 5.11 Å². The Hall–Kier alpha value is -2.15. The molecule has 7 heteroatoms. The summed E-state index contributed by atoms with van der Waals surface area (Å²) in [6.45, 7) is 1.08. The van der Waals surface area contributed by atoms with Crippen LogP contribution in [0.2, 0.25) is 0 Å². The summed E-state index contributed by atoms with van der Waals surface area (Å²) < 4.78 is 2.02. The van der Waals surface area contributed by atoms with Gasteiger partial charge in [-0.05, 0) is 25.2 Å². The molecule has 7 nitrogen and oxygen atoms in total. The van der Waals surface area contributed by atoms with Gasteiger partial charge in [0.25, 0.3) is 0 Å². The first-order valence-electron chi connectivity index (χ1n) is 8.27. The quantitative estimate of drug-likeness (QED) is 0.726. The number of aliphatic hydroxyl groups is 1. The van der Waals surface area contributed by atoms with Crippen LogP contribution in [-0.2, 0) is 0 Å². The number of rotatable bonds is 5. The maximum atomic E-state index is 9.30. The summed E-state index contributed by atoms with van der Waals surface area (Å²) in [5.41, 5.74) is 7.41. The highest BCUT2D eigenvalue weighted by Crippen LogP contribution is 2.32. The summed E-state index contributed by atoms with van der Waals surface area (Å²) >= 11 is 0. The molecule has 0 amide bonds. The van der Waals surface area contributed by atoms with E-state index in [4.69, 9.17) is 5.73 Å². The van der Waals surface area contributed by atoms with Gasteiger partial charge in [0.1, 0.15) is 0 Å². The van der Waals surface area contributed by atoms with Gasteiger partial charge in [-0.1, -0.05) is 18.6 Å². The summed E-state index contributed by atoms with van der Waals surface area (Å²) in [5, 5.41) is 12.7. The number of aliphatic hydroxyl groups excluding tert-OH is 1. The molecule has 2 aromatic rings. The predicted molar refractivity (Wildman–Crippen MR) is 88.9 cm³/mol. The molecule has 0 radical (unpaired) electrons. The predicted octanol–water partition coefficient (Wildman–Crippen LogP) is 1.73. The van der Waals surface area contributed by atoms with E-state index in [9.17, 15) is 5.11 Å². The third-order valence-corrected chi connectivity index (χ3v) is 4.96. The second-order valence-corrected chi connectivity index (χ2v) is 6.56. The Bertz CT molecular complexity index is 735. The summed E-state index contributed by atoms with van der Waals surface area (Å²) in [4.78, 5) is 13.2. The van der Waals surface area contributed by atoms with Gasteiger partial charge in [0, 0.05) is 19.1 Å². The molecule has 2 aliphatic carbocycles. The van der Waals surface area contributed by atoms with Crippen LogP contribution in [0, 0.1) is 11.8 Å². The second kappa shape index (κ2) is 5.81. The first-order valence-corrected chi connectivity index (χ1v) is 8.27. The number of nitrogens with one attached hydrogen (secondary N) is 1. The van der Waals surface area contributed by atoms with Crippen LogP contribution in [0.3, 0.4) is 0 Å². The molecule has 0 unspecified atom stereocenters. The highest BCUT2D eigenvalue weighted by molar-refractivity contribution is 5.84. The topological polar surface area (TPSA) is 102 Å². The number of hydrogen-bond donors (Lipinski definition) is 3. The Morgan fingerprint density at radius 1 is 1.30 bits per heavy atom. The van der Waals surface area contributed by atoms with Gasteiger partial charge >= 0.3 is 0 Å². The van der Waals surface area contributed by atoms with Crippen molar-refractivity contribution in [3.05, 3.63) is 18.5 Å². The molecule has 4 rings (SSSR count). The molecule has 2 atom stereocenters. The van der Waals surface area contributed by atoms with Crippen LogP contribution >= 0.6 is 0 Å². The van der Waals surface area contributed by atoms with E-state index >= 15 is 0 Å². The lowest BCUT2D eigenvalue weighted by molar-refractivity contribution is 0.244. The van der Waals surface area contributed by atoms with Gasteiger partial charge in [0.05, 0.1) is 12.4 Å². The molecule has 122 valence electrons. The Labute approximate surface area is 134 Å². The van der Waals surface area contributed by atoms with E-state index in [-0.39, 0.29) is 24.5 Å². The lowest BCUT2D eigenvalue weighted by atomic mass is 9.85. The van der Waals surface area contributed by atoms with Crippen molar-refractivity contribution in [1.82, 2.24) is 19.5 Å². The Morgan fingerprint density at radius 2 is 2.17 bits per heavy atom. The first kappa shape index (κ1) is 14.4. The van der Waals surface area contributed by atoms with Crippen LogP contribution in [-0.4, -0.2) is 37.8 Å². The molecule has 2 aliphatic rings. The third kappa shape index (κ3) is 2.65. The number of allylic oxidation sites excluding steroid dienone is 1. The fraction of sp³-hybridized carbons (Fsp3) is 0.562. The number of anilines is 2. The van der Waals surface area contributed by atoms with Crippen molar-refractivity contribution in [3.8, 4) is 0 Å². The summed E-state index contributed by atoms with van der Waals surface area (Å²) in [6.07, 6.45) is 10.7. The van der Waals surface area contributed by atoms with Crippen LogP contribution < -0.4 is 11.1 Å². The third-order valence-electron chi connectivity index (χ3n) is 4.96. The van der Waals surface area contributed by atoms with Gasteiger partial charge in [-0.15, -0.1) is 0 Å². The van der Waals surface area contributed by atoms with Crippen molar-refractivity contribution >= 4 is 22.9 Å². The molecule has 0 bridgehead atoms. The van der Waals surface area contributed by atoms with Crippen LogP contribution in [0.5, 0.6) is 0 Å². The zero-order valence-corrected chi connectivity index (χ0v) is 13.0. The van der Waals surface area contributed by atoms with Gasteiger partial charge in [-0.3, -0.25) is 0 Å². The maximum Gasteiger partial charge on any atom is 0.224 e. The number of hydrogen-bond acceptors (Lipinski definition) is 6. The number of nitrogens with zero attached hydrogens (tertiary/aromatic N) is 4. The van der Waals surface area contributed by atoms with Gasteiger partial charge < -0.3 is 20.7 Å². The summed E-state index contributed by atoms with van der Waals surface area (Å²) in [7, 11) is 0. The summed E-state index contributed by atoms with van der Waals surface area (Å²) in [6, 6.07) is 0.158. The number of imidazole rings is 1. The lowest BCUT2D eigenvalue weighted by Crippen LogP contribution is -2.21. The van der Waals surface area contributed by atoms with Crippen LogP contribution in [0.25, 0.3) is 11.2 Å². The fourth-order valence-electron chi connectivity index (χ4n) is 3.33. The van der Waals surface area contributed by atoms with E-state index in [1.807, 2.05) is 4.57 Å². The monoisotopic (exact) mass is 314 g/mol. The van der Waals surface area contributed by atoms with Crippen molar-refractivity contribution in [1.29, 1.82) is 0 Å². The fourth-order valence-corrected chi connectivity index (χ4v) is 3.33. The molecule has 0 aromatic carbocycles. The SMILES string of the molecule is Nc1nc(NCC2CCC2)c2ncn([C@H]3C=C[C@@H](CO)C3)c2n1. The maximum absolute atomic E-state index is 9.30. The van der Waals surface area contributed by atoms with E-state index in [2.05, 4.69) is 32.4 Å². The highest BCUT2D eigenvalue weighted by Gasteiger charge is 2.23. The molecule has 0 saturated heterocycles. The summed E-state index contributed by atoms with van der Waals surface area (Å²) in [5.74, 6) is 1.91. The van der Waals surface area contributed by atoms with Crippen LogP contribution in [0.15, 0.2) is 18.5 Å². The minimum absolute atomic E-state index is 0.158. The average Bonchev–Trinajstić information content (AvgIpc) is 3.11. The Morgan fingerprint density at radius 3 is 2.87 bits per heavy atom. The van der Waals surface area contributed by atoms with Gasteiger partial charge in [0.15, 0.2) is 17.0 Å². The molecular formula is C16H22N6O. The Kier molecular flexibility index (Phi) is 3.65. The van der Waals surface area contributed by atoms with Crippen molar-refractivity contribution in [2.24, 2.45) is 11.8 Å². The minimum atomic E-state index is 0.158. The number of nitrogen functional groups attached to an aromatic ring is 1. The Balaban J connectivity index is 1.63. The molecule has 23 heavy (non-hydrogen) atoms. The van der Waals surface area contributed by atoms with E-state index in [1.54, 1.807) is 6.33 Å². The molecule has 0 aliphatic heterocycles. The largest absolute Gasteiger partial charge is 0.396 e. The average molecular weight is 314 g/mol. The number of nitrogens with two attached hydrogens (primary N) is 1. The molecule has 1 saturated carbocycles. The van der Waals surface area contributed by atoms with E-state index < -0.39 is 0 Å². The van der Waals surface area contributed by atoms with E-state index in [0.717, 1.165) is 35.9 Å². The second-order valence-electron chi connectivity index (χ2n) is 6.56. The van der Waals surface area contributed by atoms with Crippen LogP contribution in [0.1, 0.15) is 31.7 Å². The number of fused-ring (bicyclic) bond motifs is 1. The van der Waals surface area contributed by atoms with Gasteiger partial charge in [-0.25, -0.2) is 4.98 Å². The molecule has 2 heterocycles. The van der Waals surface area contributed by atoms with E-state index in [0.29, 0.717) is 0 Å². The zero-order chi connectivity index (χ0) is 15.8. The van der Waals surface area contributed by atoms with Crippen molar-refractivity contribution in [2.45, 2.75) is 31.7 Å². The molecule has 2 aromatic heterocycles. The van der Waals surface area contributed by atoms with Crippen molar-refractivity contribution in [2.75, 3.05) is 24.2 Å². The lowest BCUT2D eigenvalue weighted by Gasteiger charge is -2.25. The normalized spacial score (nSPS) is 24.2. The zero-order valence-electron chi connectivity index (χ0n) is 13.0. The molecular weight excluding hydrogens is 292 g/mol. The molecule has 4 N–H and O–H groups in total. The standard InChI is InChI=1S/C16H22N6O/c17-16-20-14(18-7-10-2-1-3-10)13-15(21-16)22(9-19-13)12-5-4-11(6-12)8-23/h4-5,9-12,23H,1-3,6-8H2,(H3,17,18,20,21)/t11-,12+/m1/s1.